The molecular formula is C23H22ClN3O4S. The molecular weight excluding hydrogens is 450 g/mol. The molecule has 0 aliphatic carbocycles. The normalized spacial score (nSPS) is 11.4. The van der Waals surface area contributed by atoms with Crippen molar-refractivity contribution in [2.75, 3.05) is 22.6 Å². The molecule has 0 saturated heterocycles. The van der Waals surface area contributed by atoms with Crippen molar-refractivity contribution in [2.24, 2.45) is 0 Å². The van der Waals surface area contributed by atoms with Gasteiger partial charge in [-0.25, -0.2) is 0 Å². The van der Waals surface area contributed by atoms with Crippen LogP contribution < -0.4 is 16.0 Å². The molecule has 3 rings (SSSR count). The predicted octanol–water partition coefficient (Wildman–Crippen LogP) is 4.68. The SMILES string of the molecule is CSCCC(NC(=O)c1ccccc1Cl)C(=O)Nc1cccc(NC(=O)c2ccco2)c1. The van der Waals surface area contributed by atoms with Crippen LogP contribution in [0.4, 0.5) is 11.4 Å². The van der Waals surface area contributed by atoms with E-state index in [1.165, 1.54) is 6.26 Å². The van der Waals surface area contributed by atoms with Gasteiger partial charge in [0.2, 0.25) is 5.91 Å². The van der Waals surface area contributed by atoms with Gasteiger partial charge in [-0.2, -0.15) is 11.8 Å². The summed E-state index contributed by atoms with van der Waals surface area (Å²) in [6, 6.07) is 15.8. The highest BCUT2D eigenvalue weighted by Crippen LogP contribution is 2.18. The first-order valence-corrected chi connectivity index (χ1v) is 11.5. The van der Waals surface area contributed by atoms with Crippen LogP contribution in [0.15, 0.2) is 71.3 Å². The number of carbonyl (C=O) groups is 3. The van der Waals surface area contributed by atoms with Crippen LogP contribution in [-0.4, -0.2) is 35.8 Å². The highest BCUT2D eigenvalue weighted by molar-refractivity contribution is 7.98. The summed E-state index contributed by atoms with van der Waals surface area (Å²) in [5, 5.41) is 8.59. The van der Waals surface area contributed by atoms with Gasteiger partial charge in [-0.3, -0.25) is 14.4 Å². The van der Waals surface area contributed by atoms with Gasteiger partial charge in [-0.1, -0.05) is 29.8 Å². The first-order valence-electron chi connectivity index (χ1n) is 9.78. The maximum absolute atomic E-state index is 12.9. The van der Waals surface area contributed by atoms with E-state index in [1.54, 1.807) is 72.4 Å². The van der Waals surface area contributed by atoms with Crippen LogP contribution in [0.25, 0.3) is 0 Å². The van der Waals surface area contributed by atoms with Crippen LogP contribution in [0, 0.1) is 0 Å². The zero-order valence-corrected chi connectivity index (χ0v) is 18.8. The number of halogens is 1. The monoisotopic (exact) mass is 471 g/mol. The van der Waals surface area contributed by atoms with Gasteiger partial charge in [-0.15, -0.1) is 0 Å². The molecule has 3 amide bonds. The van der Waals surface area contributed by atoms with E-state index in [0.717, 1.165) is 0 Å². The second kappa shape index (κ2) is 11.4. The number of rotatable bonds is 9. The molecule has 0 aliphatic rings. The second-order valence-corrected chi connectivity index (χ2v) is 8.18. The third kappa shape index (κ3) is 6.38. The van der Waals surface area contributed by atoms with Crippen molar-refractivity contribution in [3.05, 3.63) is 83.3 Å². The van der Waals surface area contributed by atoms with E-state index in [1.807, 2.05) is 6.26 Å². The molecule has 1 atom stereocenters. The Balaban J connectivity index is 1.68. The van der Waals surface area contributed by atoms with Crippen LogP contribution in [0.1, 0.15) is 27.3 Å². The second-order valence-electron chi connectivity index (χ2n) is 6.79. The summed E-state index contributed by atoms with van der Waals surface area (Å²) in [4.78, 5) is 37.7. The number of hydrogen-bond acceptors (Lipinski definition) is 5. The Morgan fingerprint density at radius 3 is 2.41 bits per heavy atom. The zero-order chi connectivity index (χ0) is 22.9. The summed E-state index contributed by atoms with van der Waals surface area (Å²) in [6.45, 7) is 0. The fourth-order valence-electron chi connectivity index (χ4n) is 2.89. The van der Waals surface area contributed by atoms with Crippen LogP contribution in [0.2, 0.25) is 5.02 Å². The molecule has 166 valence electrons. The number of carbonyl (C=O) groups excluding carboxylic acids is 3. The number of nitrogens with one attached hydrogen (secondary N) is 3. The van der Waals surface area contributed by atoms with Crippen molar-refractivity contribution < 1.29 is 18.8 Å². The van der Waals surface area contributed by atoms with E-state index >= 15 is 0 Å². The Hall–Kier alpha value is -3.23. The van der Waals surface area contributed by atoms with E-state index in [9.17, 15) is 14.4 Å². The maximum Gasteiger partial charge on any atom is 0.291 e. The summed E-state index contributed by atoms with van der Waals surface area (Å²) in [5.41, 5.74) is 1.28. The molecule has 2 aromatic carbocycles. The third-order valence-corrected chi connectivity index (χ3v) is 5.46. The van der Waals surface area contributed by atoms with Crippen molar-refractivity contribution >= 4 is 52.5 Å². The third-order valence-electron chi connectivity index (χ3n) is 4.48. The lowest BCUT2D eigenvalue weighted by Crippen LogP contribution is -2.44. The number of amides is 3. The van der Waals surface area contributed by atoms with E-state index in [2.05, 4.69) is 16.0 Å². The molecule has 1 unspecified atom stereocenters. The molecule has 0 spiro atoms. The average Bonchev–Trinajstić information content (AvgIpc) is 3.32. The van der Waals surface area contributed by atoms with Crippen molar-refractivity contribution in [3.63, 3.8) is 0 Å². The Morgan fingerprint density at radius 1 is 0.969 bits per heavy atom. The van der Waals surface area contributed by atoms with Gasteiger partial charge in [0.1, 0.15) is 6.04 Å². The number of thioether (sulfide) groups is 1. The Labute approximate surface area is 194 Å². The quantitative estimate of drug-likeness (QED) is 0.421. The first kappa shape index (κ1) is 23.4. The van der Waals surface area contributed by atoms with Gasteiger partial charge in [0, 0.05) is 11.4 Å². The molecule has 0 fully saturated rings. The largest absolute Gasteiger partial charge is 0.459 e. The van der Waals surface area contributed by atoms with Crippen molar-refractivity contribution in [2.45, 2.75) is 12.5 Å². The van der Waals surface area contributed by atoms with Crippen LogP contribution in [0.3, 0.4) is 0 Å². The van der Waals surface area contributed by atoms with Crippen LogP contribution in [-0.2, 0) is 4.79 Å². The number of benzene rings is 2. The standard InChI is InChI=1S/C23H22ClN3O4S/c1-32-13-11-19(27-21(28)17-8-2-3-9-18(17)24)22(29)25-15-6-4-7-16(14-15)26-23(30)20-10-5-12-31-20/h2-10,12,14,19H,11,13H2,1H3,(H,25,29)(H,26,30)(H,27,28). The smallest absolute Gasteiger partial charge is 0.291 e. The number of furan rings is 1. The van der Waals surface area contributed by atoms with Crippen molar-refractivity contribution in [3.8, 4) is 0 Å². The zero-order valence-electron chi connectivity index (χ0n) is 17.3. The molecule has 3 N–H and O–H groups in total. The lowest BCUT2D eigenvalue weighted by Gasteiger charge is -2.19. The Morgan fingerprint density at radius 2 is 1.72 bits per heavy atom. The summed E-state index contributed by atoms with van der Waals surface area (Å²) in [6.07, 6.45) is 3.78. The molecule has 9 heteroatoms. The van der Waals surface area contributed by atoms with Gasteiger partial charge < -0.3 is 20.4 Å². The summed E-state index contributed by atoms with van der Waals surface area (Å²) in [7, 11) is 0. The molecule has 0 bridgehead atoms. The van der Waals surface area contributed by atoms with Gasteiger partial charge in [0.15, 0.2) is 5.76 Å². The Bertz CT molecular complexity index is 1090. The lowest BCUT2D eigenvalue weighted by atomic mass is 10.1. The topological polar surface area (TPSA) is 100 Å². The molecule has 32 heavy (non-hydrogen) atoms. The number of anilines is 2. The molecule has 0 aliphatic heterocycles. The van der Waals surface area contributed by atoms with E-state index in [4.69, 9.17) is 16.0 Å². The molecule has 1 aromatic heterocycles. The van der Waals surface area contributed by atoms with Crippen LogP contribution >= 0.6 is 23.4 Å². The Kier molecular flexibility index (Phi) is 8.35. The van der Waals surface area contributed by atoms with Gasteiger partial charge >= 0.3 is 0 Å². The van der Waals surface area contributed by atoms with Gasteiger partial charge in [0.25, 0.3) is 11.8 Å². The minimum Gasteiger partial charge on any atom is -0.459 e. The molecule has 7 nitrogen and oxygen atoms in total. The fourth-order valence-corrected chi connectivity index (χ4v) is 3.58. The molecule has 0 radical (unpaired) electrons. The first-order chi connectivity index (χ1) is 15.5. The summed E-state index contributed by atoms with van der Waals surface area (Å²) in [5.74, 6) is -0.326. The fraction of sp³-hybridized carbons (Fsp3) is 0.174. The van der Waals surface area contributed by atoms with Gasteiger partial charge in [-0.05, 0) is 60.9 Å². The highest BCUT2D eigenvalue weighted by Gasteiger charge is 2.22. The molecule has 3 aromatic rings. The molecule has 1 heterocycles. The van der Waals surface area contributed by atoms with Crippen molar-refractivity contribution in [1.82, 2.24) is 5.32 Å². The van der Waals surface area contributed by atoms with Crippen molar-refractivity contribution in [1.29, 1.82) is 0 Å². The van der Waals surface area contributed by atoms with E-state index in [0.29, 0.717) is 34.1 Å². The summed E-state index contributed by atoms with van der Waals surface area (Å²) < 4.78 is 5.08. The summed E-state index contributed by atoms with van der Waals surface area (Å²) >= 11 is 7.68. The highest BCUT2D eigenvalue weighted by atomic mass is 35.5. The maximum atomic E-state index is 12.9. The number of hydrogen-bond donors (Lipinski definition) is 3. The van der Waals surface area contributed by atoms with Gasteiger partial charge in [0.05, 0.1) is 16.8 Å². The predicted molar refractivity (Wildman–Crippen MR) is 127 cm³/mol. The average molecular weight is 472 g/mol. The molecule has 0 saturated carbocycles. The minimum absolute atomic E-state index is 0.179. The lowest BCUT2D eigenvalue weighted by molar-refractivity contribution is -0.118. The van der Waals surface area contributed by atoms with Crippen LogP contribution in [0.5, 0.6) is 0 Å². The van der Waals surface area contributed by atoms with E-state index < -0.39 is 17.9 Å². The minimum atomic E-state index is -0.757. The van der Waals surface area contributed by atoms with E-state index in [-0.39, 0.29) is 11.7 Å².